The molecule has 0 radical (unpaired) electrons. The number of hydrogen-bond donors (Lipinski definition) is 0. The van der Waals surface area contributed by atoms with Gasteiger partial charge in [-0.25, -0.2) is 9.59 Å². The first-order valence-corrected chi connectivity index (χ1v) is 8.60. The van der Waals surface area contributed by atoms with Crippen molar-refractivity contribution in [3.05, 3.63) is 95.3 Å². The maximum atomic E-state index is 12.6. The summed E-state index contributed by atoms with van der Waals surface area (Å²) in [4.78, 5) is 27.0. The normalized spacial score (nSPS) is 16.2. The molecule has 1 aliphatic heterocycles. The number of ether oxygens (including phenoxy) is 2. The molecule has 2 aromatic carbocycles. The van der Waals surface area contributed by atoms with Crippen LogP contribution in [0.2, 0.25) is 0 Å². The van der Waals surface area contributed by atoms with Crippen molar-refractivity contribution >= 4 is 11.9 Å². The van der Waals surface area contributed by atoms with E-state index < -0.39 is 11.9 Å². The van der Waals surface area contributed by atoms with Gasteiger partial charge >= 0.3 is 11.9 Å². The summed E-state index contributed by atoms with van der Waals surface area (Å²) in [5.74, 6) is -1.51. The lowest BCUT2D eigenvalue weighted by atomic mass is 9.87. The summed E-state index contributed by atoms with van der Waals surface area (Å²) >= 11 is 0. The van der Waals surface area contributed by atoms with Gasteiger partial charge in [0.25, 0.3) is 0 Å². The van der Waals surface area contributed by atoms with Crippen LogP contribution in [-0.2, 0) is 25.6 Å². The summed E-state index contributed by atoms with van der Waals surface area (Å²) in [7, 11) is 2.62. The zero-order valence-electron chi connectivity index (χ0n) is 15.3. The highest BCUT2D eigenvalue weighted by Crippen LogP contribution is 2.35. The maximum absolute atomic E-state index is 12.6. The molecule has 138 valence electrons. The van der Waals surface area contributed by atoms with E-state index in [0.717, 1.165) is 11.1 Å². The Kier molecular flexibility index (Phi) is 5.71. The van der Waals surface area contributed by atoms with Crippen LogP contribution in [0.3, 0.4) is 0 Å². The highest BCUT2D eigenvalue weighted by atomic mass is 16.5. The van der Waals surface area contributed by atoms with Gasteiger partial charge in [-0.2, -0.15) is 0 Å². The molecule has 3 rings (SSSR count). The van der Waals surface area contributed by atoms with E-state index in [2.05, 4.69) is 0 Å². The number of esters is 2. The molecule has 0 aliphatic carbocycles. The number of benzene rings is 2. The number of carbonyl (C=O) groups excluding carboxylic acids is 2. The maximum Gasteiger partial charge on any atom is 0.355 e. The lowest BCUT2D eigenvalue weighted by molar-refractivity contribution is -0.140. The third kappa shape index (κ3) is 3.92. The predicted octanol–water partition coefficient (Wildman–Crippen LogP) is 3.40. The quantitative estimate of drug-likeness (QED) is 0.762. The first-order chi connectivity index (χ1) is 13.2. The Morgan fingerprint density at radius 2 is 1.48 bits per heavy atom. The Morgan fingerprint density at radius 3 is 2.07 bits per heavy atom. The molecule has 0 saturated carbocycles. The summed E-state index contributed by atoms with van der Waals surface area (Å²) in [5, 5.41) is 0. The van der Waals surface area contributed by atoms with Crippen LogP contribution in [0, 0.1) is 0 Å². The minimum atomic E-state index is -0.573. The molecule has 2 aromatic rings. The molecule has 1 aliphatic rings. The molecule has 0 spiro atoms. The second-order valence-corrected chi connectivity index (χ2v) is 6.09. The average Bonchev–Trinajstić information content (AvgIpc) is 2.73. The first kappa shape index (κ1) is 18.5. The van der Waals surface area contributed by atoms with Crippen molar-refractivity contribution in [3.63, 3.8) is 0 Å². The molecule has 5 nitrogen and oxygen atoms in total. The molecule has 0 saturated heterocycles. The second kappa shape index (κ2) is 8.36. The average molecular weight is 363 g/mol. The fraction of sp³-hybridized carbons (Fsp3) is 0.182. The molecule has 1 atom stereocenters. The molecule has 0 fully saturated rings. The second-order valence-electron chi connectivity index (χ2n) is 6.09. The molecule has 1 heterocycles. The van der Waals surface area contributed by atoms with Crippen LogP contribution in [-0.4, -0.2) is 31.1 Å². The minimum absolute atomic E-state index is 0.199. The number of allylic oxidation sites excluding steroid dienone is 1. The van der Waals surface area contributed by atoms with Gasteiger partial charge in [0.05, 0.1) is 19.8 Å². The van der Waals surface area contributed by atoms with Crippen molar-refractivity contribution in [3.8, 4) is 0 Å². The van der Waals surface area contributed by atoms with Gasteiger partial charge in [0.2, 0.25) is 0 Å². The molecule has 27 heavy (non-hydrogen) atoms. The number of carbonyl (C=O) groups is 2. The monoisotopic (exact) mass is 363 g/mol. The third-order valence-corrected chi connectivity index (χ3v) is 4.45. The number of hydrogen-bond acceptors (Lipinski definition) is 5. The van der Waals surface area contributed by atoms with Gasteiger partial charge in [-0.1, -0.05) is 66.7 Å². The van der Waals surface area contributed by atoms with E-state index in [4.69, 9.17) is 9.47 Å². The first-order valence-electron chi connectivity index (χ1n) is 8.60. The van der Waals surface area contributed by atoms with E-state index in [9.17, 15) is 9.59 Å². The standard InChI is InChI=1S/C22H21NO4/c1-26-21(24)19-18(17-11-7-4-8-12-17)13-14-23(20(19)22(25)27-2)15-16-9-5-3-6-10-16/h3-14,18H,15H2,1-2H3. The van der Waals surface area contributed by atoms with E-state index in [0.29, 0.717) is 6.54 Å². The van der Waals surface area contributed by atoms with E-state index in [1.165, 1.54) is 14.2 Å². The van der Waals surface area contributed by atoms with Crippen LogP contribution in [0.25, 0.3) is 0 Å². The topological polar surface area (TPSA) is 55.8 Å². The van der Waals surface area contributed by atoms with E-state index in [-0.39, 0.29) is 17.2 Å². The zero-order valence-corrected chi connectivity index (χ0v) is 15.3. The van der Waals surface area contributed by atoms with E-state index in [1.54, 1.807) is 4.90 Å². The van der Waals surface area contributed by atoms with Crippen molar-refractivity contribution in [1.82, 2.24) is 4.90 Å². The van der Waals surface area contributed by atoms with Gasteiger partial charge in [0.15, 0.2) is 0 Å². The van der Waals surface area contributed by atoms with Crippen molar-refractivity contribution in [2.45, 2.75) is 12.5 Å². The lowest BCUT2D eigenvalue weighted by Gasteiger charge is -2.31. The van der Waals surface area contributed by atoms with Gasteiger partial charge in [0.1, 0.15) is 5.70 Å². The van der Waals surface area contributed by atoms with E-state index >= 15 is 0 Å². The van der Waals surface area contributed by atoms with Crippen LogP contribution < -0.4 is 0 Å². The largest absolute Gasteiger partial charge is 0.466 e. The Labute approximate surface area is 158 Å². The van der Waals surface area contributed by atoms with Crippen molar-refractivity contribution < 1.29 is 19.1 Å². The minimum Gasteiger partial charge on any atom is -0.466 e. The highest BCUT2D eigenvalue weighted by molar-refractivity contribution is 6.02. The van der Waals surface area contributed by atoms with Gasteiger partial charge in [-0.3, -0.25) is 0 Å². The van der Waals surface area contributed by atoms with Crippen molar-refractivity contribution in [2.75, 3.05) is 14.2 Å². The summed E-state index contributed by atoms with van der Waals surface area (Å²) in [6.07, 6.45) is 3.72. The van der Waals surface area contributed by atoms with Crippen molar-refractivity contribution in [2.24, 2.45) is 0 Å². The van der Waals surface area contributed by atoms with E-state index in [1.807, 2.05) is 72.9 Å². The third-order valence-electron chi connectivity index (χ3n) is 4.45. The lowest BCUT2D eigenvalue weighted by Crippen LogP contribution is -2.32. The Balaban J connectivity index is 2.10. The van der Waals surface area contributed by atoms with Gasteiger partial charge in [-0.15, -0.1) is 0 Å². The smallest absolute Gasteiger partial charge is 0.355 e. The Hall–Kier alpha value is -3.34. The molecule has 0 aromatic heterocycles. The van der Waals surface area contributed by atoms with Crippen LogP contribution in [0.4, 0.5) is 0 Å². The fourth-order valence-corrected chi connectivity index (χ4v) is 3.17. The Morgan fingerprint density at radius 1 is 0.889 bits per heavy atom. The van der Waals surface area contributed by atoms with Crippen LogP contribution in [0.1, 0.15) is 17.0 Å². The van der Waals surface area contributed by atoms with Gasteiger partial charge < -0.3 is 14.4 Å². The van der Waals surface area contributed by atoms with Crippen molar-refractivity contribution in [1.29, 1.82) is 0 Å². The number of rotatable bonds is 5. The summed E-state index contributed by atoms with van der Waals surface area (Å²) in [5.41, 5.74) is 2.37. The molecule has 1 unspecified atom stereocenters. The Bertz CT molecular complexity index is 872. The summed E-state index contributed by atoms with van der Waals surface area (Å²) in [6.45, 7) is 0.434. The van der Waals surface area contributed by atoms with Gasteiger partial charge in [0, 0.05) is 18.7 Å². The summed E-state index contributed by atoms with van der Waals surface area (Å²) < 4.78 is 9.99. The van der Waals surface area contributed by atoms with Crippen LogP contribution in [0.15, 0.2) is 84.2 Å². The SMILES string of the molecule is COC(=O)C1=C(C(=O)OC)N(Cc2ccccc2)C=CC1c1ccccc1. The van der Waals surface area contributed by atoms with Crippen LogP contribution >= 0.6 is 0 Å². The molecule has 0 N–H and O–H groups in total. The molecular formula is C22H21NO4. The predicted molar refractivity (Wildman–Crippen MR) is 101 cm³/mol. The number of methoxy groups -OCH3 is 2. The molecule has 0 bridgehead atoms. The van der Waals surface area contributed by atoms with Gasteiger partial charge in [-0.05, 0) is 11.1 Å². The highest BCUT2D eigenvalue weighted by Gasteiger charge is 2.35. The summed E-state index contributed by atoms with van der Waals surface area (Å²) in [6, 6.07) is 19.2. The molecule has 0 amide bonds. The molecular weight excluding hydrogens is 342 g/mol. The number of nitrogens with zero attached hydrogens (tertiary/aromatic N) is 1. The molecule has 5 heteroatoms. The zero-order chi connectivity index (χ0) is 19.2. The van der Waals surface area contributed by atoms with Crippen LogP contribution in [0.5, 0.6) is 0 Å². The fourth-order valence-electron chi connectivity index (χ4n) is 3.17.